The lowest BCUT2D eigenvalue weighted by molar-refractivity contribution is -0.141. The van der Waals surface area contributed by atoms with Crippen LogP contribution in [0.5, 0.6) is 5.75 Å². The highest BCUT2D eigenvalue weighted by molar-refractivity contribution is 7.88. The fourth-order valence-electron chi connectivity index (χ4n) is 4.57. The first-order valence-electron chi connectivity index (χ1n) is 13.6. The maximum absolute atomic E-state index is 14.1. The zero-order valence-corrected chi connectivity index (χ0v) is 25.6. The molecule has 0 radical (unpaired) electrons. The Kier molecular flexibility index (Phi) is 10.9. The summed E-state index contributed by atoms with van der Waals surface area (Å²) >= 11 is 6.02. The number of hydrogen-bond acceptors (Lipinski definition) is 5. The van der Waals surface area contributed by atoms with Gasteiger partial charge < -0.3 is 15.0 Å². The lowest BCUT2D eigenvalue weighted by Crippen LogP contribution is -2.47. The summed E-state index contributed by atoms with van der Waals surface area (Å²) < 4.78 is 32.1. The number of nitrogens with zero attached hydrogens (tertiary/aromatic N) is 2. The molecule has 43 heavy (non-hydrogen) atoms. The van der Waals surface area contributed by atoms with Crippen molar-refractivity contribution in [3.63, 3.8) is 0 Å². The van der Waals surface area contributed by atoms with E-state index in [1.54, 1.807) is 67.8 Å². The Morgan fingerprint density at radius 1 is 0.791 bits per heavy atom. The monoisotopic (exact) mass is 619 g/mol. The summed E-state index contributed by atoms with van der Waals surface area (Å²) in [6.07, 6.45) is 1.07. The molecule has 1 N–H and O–H groups in total. The van der Waals surface area contributed by atoms with E-state index in [2.05, 4.69) is 5.32 Å². The van der Waals surface area contributed by atoms with Crippen molar-refractivity contribution in [3.8, 4) is 5.75 Å². The first-order valence-corrected chi connectivity index (χ1v) is 15.8. The van der Waals surface area contributed by atoms with Crippen LogP contribution in [0.1, 0.15) is 28.3 Å². The van der Waals surface area contributed by atoms with Crippen molar-refractivity contribution in [2.45, 2.75) is 25.7 Å². The van der Waals surface area contributed by atoms with Gasteiger partial charge in [-0.05, 0) is 46.5 Å². The van der Waals surface area contributed by atoms with Crippen molar-refractivity contribution in [2.24, 2.45) is 0 Å². The van der Waals surface area contributed by atoms with Crippen LogP contribution in [0.3, 0.4) is 0 Å². The van der Waals surface area contributed by atoms with Gasteiger partial charge in [-0.3, -0.25) is 9.59 Å². The minimum atomic E-state index is -3.78. The molecular formula is C33H34ClN3O5S. The van der Waals surface area contributed by atoms with Crippen molar-refractivity contribution in [2.75, 3.05) is 19.9 Å². The average Bonchev–Trinajstić information content (AvgIpc) is 3.01. The predicted octanol–water partition coefficient (Wildman–Crippen LogP) is 5.20. The van der Waals surface area contributed by atoms with Gasteiger partial charge in [0, 0.05) is 24.7 Å². The number of hydrogen-bond donors (Lipinski definition) is 1. The second-order valence-corrected chi connectivity index (χ2v) is 12.5. The molecule has 0 spiro atoms. The molecule has 2 amide bonds. The van der Waals surface area contributed by atoms with Crippen LogP contribution in [0.15, 0.2) is 109 Å². The van der Waals surface area contributed by atoms with Crippen molar-refractivity contribution >= 4 is 33.4 Å². The zero-order valence-electron chi connectivity index (χ0n) is 24.0. The molecule has 4 aromatic rings. The number of sulfonamides is 1. The lowest BCUT2D eigenvalue weighted by atomic mass is 10.0. The third kappa shape index (κ3) is 9.15. The second-order valence-electron chi connectivity index (χ2n) is 10.0. The standard InChI is InChI=1S/C33H34ClN3O5S/c1-42-30-19-15-27(16-20-30)23-37(31(38)24-36(43(2,40)41)22-26-9-5-3-6-10-26)32(28-11-7-4-8-12-28)33(39)35-21-25-13-17-29(34)18-14-25/h3-20,32H,21-24H2,1-2H3,(H,35,39). The molecule has 0 aliphatic heterocycles. The van der Waals surface area contributed by atoms with Gasteiger partial charge in [0.15, 0.2) is 0 Å². The summed E-state index contributed by atoms with van der Waals surface area (Å²) in [5.41, 5.74) is 2.91. The van der Waals surface area contributed by atoms with Gasteiger partial charge in [0.2, 0.25) is 21.8 Å². The number of amides is 2. The third-order valence-corrected chi connectivity index (χ3v) is 8.32. The number of carbonyl (C=O) groups is 2. The molecule has 0 bridgehead atoms. The topological polar surface area (TPSA) is 96.0 Å². The molecule has 10 heteroatoms. The Bertz CT molecular complexity index is 1600. The normalized spacial score (nSPS) is 12.0. The van der Waals surface area contributed by atoms with Crippen LogP contribution in [0.4, 0.5) is 0 Å². The number of nitrogens with one attached hydrogen (secondary N) is 1. The summed E-state index contributed by atoms with van der Waals surface area (Å²) in [6.45, 7) is -0.161. The van der Waals surface area contributed by atoms with E-state index in [1.807, 2.05) is 48.5 Å². The van der Waals surface area contributed by atoms with Gasteiger partial charge in [-0.15, -0.1) is 0 Å². The first kappa shape index (κ1) is 31.7. The molecular weight excluding hydrogens is 586 g/mol. The smallest absolute Gasteiger partial charge is 0.247 e. The SMILES string of the molecule is COc1ccc(CN(C(=O)CN(Cc2ccccc2)S(C)(=O)=O)C(C(=O)NCc2ccc(Cl)cc2)c2ccccc2)cc1. The highest BCUT2D eigenvalue weighted by Gasteiger charge is 2.33. The Labute approximate surface area is 257 Å². The van der Waals surface area contributed by atoms with Crippen LogP contribution in [0, 0.1) is 0 Å². The van der Waals surface area contributed by atoms with E-state index in [1.165, 1.54) is 4.90 Å². The summed E-state index contributed by atoms with van der Waals surface area (Å²) in [5, 5.41) is 3.53. The molecule has 0 saturated heterocycles. The van der Waals surface area contributed by atoms with Crippen LogP contribution in [0.2, 0.25) is 5.02 Å². The van der Waals surface area contributed by atoms with Gasteiger partial charge in [-0.2, -0.15) is 4.31 Å². The van der Waals surface area contributed by atoms with E-state index in [0.717, 1.165) is 27.3 Å². The first-order chi connectivity index (χ1) is 20.6. The Morgan fingerprint density at radius 2 is 1.35 bits per heavy atom. The van der Waals surface area contributed by atoms with E-state index < -0.39 is 34.4 Å². The fraction of sp³-hybridized carbons (Fsp3) is 0.212. The highest BCUT2D eigenvalue weighted by atomic mass is 35.5. The minimum Gasteiger partial charge on any atom is -0.497 e. The Hall–Kier alpha value is -4.18. The minimum absolute atomic E-state index is 0.0144. The van der Waals surface area contributed by atoms with Crippen LogP contribution in [-0.2, 0) is 39.2 Å². The maximum atomic E-state index is 14.1. The molecule has 0 aromatic heterocycles. The van der Waals surface area contributed by atoms with Crippen LogP contribution >= 0.6 is 11.6 Å². The number of benzene rings is 4. The largest absolute Gasteiger partial charge is 0.497 e. The van der Waals surface area contributed by atoms with E-state index in [-0.39, 0.29) is 19.6 Å². The van der Waals surface area contributed by atoms with Gasteiger partial charge >= 0.3 is 0 Å². The Balaban J connectivity index is 1.69. The second kappa shape index (κ2) is 14.8. The van der Waals surface area contributed by atoms with Crippen LogP contribution < -0.4 is 10.1 Å². The average molecular weight is 620 g/mol. The molecule has 0 heterocycles. The molecule has 224 valence electrons. The molecule has 8 nitrogen and oxygen atoms in total. The van der Waals surface area contributed by atoms with Crippen molar-refractivity contribution in [1.29, 1.82) is 0 Å². The number of halogens is 1. The quantitative estimate of drug-likeness (QED) is 0.222. The van der Waals surface area contributed by atoms with Crippen molar-refractivity contribution < 1.29 is 22.7 Å². The van der Waals surface area contributed by atoms with Crippen molar-refractivity contribution in [3.05, 3.63) is 136 Å². The summed E-state index contributed by atoms with van der Waals surface area (Å²) in [6, 6.07) is 31.3. The molecule has 0 saturated carbocycles. The van der Waals surface area contributed by atoms with Crippen LogP contribution in [0.25, 0.3) is 0 Å². The fourth-order valence-corrected chi connectivity index (χ4v) is 5.42. The zero-order chi connectivity index (χ0) is 30.8. The van der Waals surface area contributed by atoms with E-state index in [4.69, 9.17) is 16.3 Å². The lowest BCUT2D eigenvalue weighted by Gasteiger charge is -2.33. The van der Waals surface area contributed by atoms with E-state index in [0.29, 0.717) is 16.3 Å². The number of carbonyl (C=O) groups excluding carboxylic acids is 2. The van der Waals surface area contributed by atoms with E-state index in [9.17, 15) is 18.0 Å². The molecule has 0 aliphatic rings. The molecule has 0 aliphatic carbocycles. The summed E-state index contributed by atoms with van der Waals surface area (Å²) in [4.78, 5) is 29.5. The molecule has 0 fully saturated rings. The summed E-state index contributed by atoms with van der Waals surface area (Å²) in [7, 11) is -2.21. The Morgan fingerprint density at radius 3 is 1.93 bits per heavy atom. The van der Waals surface area contributed by atoms with Gasteiger partial charge in [-0.1, -0.05) is 96.5 Å². The molecule has 1 atom stereocenters. The van der Waals surface area contributed by atoms with Crippen LogP contribution in [-0.4, -0.2) is 49.3 Å². The number of ether oxygens (including phenoxy) is 1. The van der Waals surface area contributed by atoms with Gasteiger partial charge in [0.05, 0.1) is 19.9 Å². The number of methoxy groups -OCH3 is 1. The predicted molar refractivity (Wildman–Crippen MR) is 168 cm³/mol. The molecule has 4 aromatic carbocycles. The van der Waals surface area contributed by atoms with Gasteiger partial charge in [0.1, 0.15) is 11.8 Å². The number of rotatable bonds is 13. The highest BCUT2D eigenvalue weighted by Crippen LogP contribution is 2.26. The molecule has 1 unspecified atom stereocenters. The summed E-state index contributed by atoms with van der Waals surface area (Å²) in [5.74, 6) is -0.280. The van der Waals surface area contributed by atoms with E-state index >= 15 is 0 Å². The van der Waals surface area contributed by atoms with Gasteiger partial charge in [0.25, 0.3) is 0 Å². The van der Waals surface area contributed by atoms with Gasteiger partial charge in [-0.25, -0.2) is 8.42 Å². The molecule has 4 rings (SSSR count). The third-order valence-electron chi connectivity index (χ3n) is 6.87. The van der Waals surface area contributed by atoms with Crippen molar-refractivity contribution in [1.82, 2.24) is 14.5 Å². The maximum Gasteiger partial charge on any atom is 0.247 e.